The summed E-state index contributed by atoms with van der Waals surface area (Å²) in [6, 6.07) is 9.58. The van der Waals surface area contributed by atoms with Crippen molar-refractivity contribution in [1.82, 2.24) is 0 Å². The Morgan fingerprint density at radius 2 is 1.83 bits per heavy atom. The summed E-state index contributed by atoms with van der Waals surface area (Å²) in [5, 5.41) is 2.53. The summed E-state index contributed by atoms with van der Waals surface area (Å²) in [5.74, 6) is -0.658. The van der Waals surface area contributed by atoms with Gasteiger partial charge in [0.2, 0.25) is 0 Å². The van der Waals surface area contributed by atoms with Crippen LogP contribution in [0.2, 0.25) is 0 Å². The van der Waals surface area contributed by atoms with Crippen LogP contribution in [0.3, 0.4) is 0 Å². The topological polar surface area (TPSA) is 78.1 Å². The Balaban J connectivity index is 2.11. The highest BCUT2D eigenvalue weighted by atomic mass is 19.4. The van der Waals surface area contributed by atoms with E-state index in [9.17, 15) is 22.0 Å². The van der Waals surface area contributed by atoms with Crippen LogP contribution in [0, 0.1) is 0 Å². The van der Waals surface area contributed by atoms with Gasteiger partial charge in [0.15, 0.2) is 23.2 Å². The highest BCUT2D eigenvalue weighted by Crippen LogP contribution is 2.31. The molecule has 0 aromatic heterocycles. The fourth-order valence-corrected chi connectivity index (χ4v) is 2.25. The first-order valence-electron chi connectivity index (χ1n) is 8.30. The molecule has 0 aliphatic rings. The van der Waals surface area contributed by atoms with Crippen LogP contribution in [-0.2, 0) is 6.54 Å². The van der Waals surface area contributed by atoms with Gasteiger partial charge in [-0.15, -0.1) is 13.2 Å². The van der Waals surface area contributed by atoms with Gasteiger partial charge in [0, 0.05) is 0 Å². The molecule has 0 bridgehead atoms. The number of rotatable bonds is 8. The molecule has 0 saturated carbocycles. The number of benzene rings is 2. The summed E-state index contributed by atoms with van der Waals surface area (Å²) in [6.45, 7) is -1.08. The Morgan fingerprint density at radius 3 is 2.48 bits per heavy atom. The van der Waals surface area contributed by atoms with Crippen molar-refractivity contribution in [1.29, 1.82) is 0 Å². The summed E-state index contributed by atoms with van der Waals surface area (Å²) >= 11 is 0. The van der Waals surface area contributed by atoms with Gasteiger partial charge in [-0.05, 0) is 36.8 Å². The molecule has 158 valence electrons. The van der Waals surface area contributed by atoms with Crippen LogP contribution >= 0.6 is 0 Å². The van der Waals surface area contributed by atoms with E-state index in [4.69, 9.17) is 10.5 Å². The SMILES string of the molecule is CCOc1cc(CN=C(N)Nc2ccccc2OC(F)(F)F)ccc1OC(F)F. The van der Waals surface area contributed by atoms with Gasteiger partial charge in [-0.2, -0.15) is 8.78 Å². The highest BCUT2D eigenvalue weighted by molar-refractivity contribution is 5.93. The molecule has 3 N–H and O–H groups in total. The molecule has 0 atom stereocenters. The van der Waals surface area contributed by atoms with Crippen molar-refractivity contribution in [3.63, 3.8) is 0 Å². The van der Waals surface area contributed by atoms with Gasteiger partial charge in [0.1, 0.15) is 0 Å². The number of para-hydroxylation sites is 2. The van der Waals surface area contributed by atoms with Crippen LogP contribution in [0.5, 0.6) is 17.2 Å². The normalized spacial score (nSPS) is 12.0. The van der Waals surface area contributed by atoms with E-state index in [0.717, 1.165) is 6.07 Å². The fraction of sp³-hybridized carbons (Fsp3) is 0.278. The number of alkyl halides is 5. The Labute approximate surface area is 163 Å². The zero-order valence-electron chi connectivity index (χ0n) is 15.2. The average Bonchev–Trinajstić information content (AvgIpc) is 2.62. The van der Waals surface area contributed by atoms with Crippen molar-refractivity contribution in [2.24, 2.45) is 10.7 Å². The first-order chi connectivity index (χ1) is 13.7. The van der Waals surface area contributed by atoms with Crippen molar-refractivity contribution >= 4 is 11.6 Å². The number of ether oxygens (including phenoxy) is 3. The lowest BCUT2D eigenvalue weighted by Gasteiger charge is -2.14. The first-order valence-corrected chi connectivity index (χ1v) is 8.30. The smallest absolute Gasteiger partial charge is 0.490 e. The van der Waals surface area contributed by atoms with E-state index in [1.54, 1.807) is 6.92 Å². The number of guanidine groups is 1. The zero-order chi connectivity index (χ0) is 21.4. The monoisotopic (exact) mass is 419 g/mol. The van der Waals surface area contributed by atoms with Gasteiger partial charge >= 0.3 is 13.0 Å². The Hall–Kier alpha value is -3.24. The average molecular weight is 419 g/mol. The van der Waals surface area contributed by atoms with Gasteiger partial charge in [-0.1, -0.05) is 18.2 Å². The minimum atomic E-state index is -4.86. The van der Waals surface area contributed by atoms with E-state index in [1.807, 2.05) is 0 Å². The maximum absolute atomic E-state index is 12.5. The molecular formula is C18H18F5N3O3. The molecule has 0 aliphatic heterocycles. The lowest BCUT2D eigenvalue weighted by atomic mass is 10.2. The van der Waals surface area contributed by atoms with Crippen LogP contribution < -0.4 is 25.3 Å². The van der Waals surface area contributed by atoms with E-state index < -0.39 is 18.7 Å². The van der Waals surface area contributed by atoms with E-state index >= 15 is 0 Å². The molecule has 0 aliphatic carbocycles. The minimum Gasteiger partial charge on any atom is -0.490 e. The third-order valence-electron chi connectivity index (χ3n) is 3.33. The first kappa shape index (κ1) is 22.1. The fourth-order valence-electron chi connectivity index (χ4n) is 2.25. The lowest BCUT2D eigenvalue weighted by Crippen LogP contribution is -2.24. The van der Waals surface area contributed by atoms with E-state index in [0.29, 0.717) is 5.56 Å². The molecule has 11 heteroatoms. The number of anilines is 1. The van der Waals surface area contributed by atoms with Gasteiger partial charge in [0.25, 0.3) is 0 Å². The Morgan fingerprint density at radius 1 is 1.10 bits per heavy atom. The van der Waals surface area contributed by atoms with Crippen LogP contribution in [-0.4, -0.2) is 25.5 Å². The number of hydrogen-bond acceptors (Lipinski definition) is 4. The molecule has 2 aromatic carbocycles. The van der Waals surface area contributed by atoms with Gasteiger partial charge < -0.3 is 25.3 Å². The second kappa shape index (κ2) is 9.80. The second-order valence-electron chi connectivity index (χ2n) is 5.46. The van der Waals surface area contributed by atoms with Crippen LogP contribution in [0.15, 0.2) is 47.5 Å². The Bertz CT molecular complexity index is 844. The standard InChI is InChI=1S/C18H18F5N3O3/c1-2-27-15-9-11(7-8-14(15)28-16(19)20)10-25-17(24)26-12-5-3-4-6-13(12)29-18(21,22)23/h3-9,16H,2,10H2,1H3,(H3,24,25,26). The predicted octanol–water partition coefficient (Wildman–Crippen LogP) is 4.51. The molecule has 0 heterocycles. The van der Waals surface area contributed by atoms with Crippen LogP contribution in [0.4, 0.5) is 27.6 Å². The van der Waals surface area contributed by atoms with Crippen LogP contribution in [0.25, 0.3) is 0 Å². The van der Waals surface area contributed by atoms with Crippen LogP contribution in [0.1, 0.15) is 12.5 Å². The lowest BCUT2D eigenvalue weighted by molar-refractivity contribution is -0.274. The van der Waals surface area contributed by atoms with E-state index in [2.05, 4.69) is 19.8 Å². The maximum Gasteiger partial charge on any atom is 0.573 e. The van der Waals surface area contributed by atoms with Crippen molar-refractivity contribution in [2.75, 3.05) is 11.9 Å². The molecule has 29 heavy (non-hydrogen) atoms. The molecule has 0 radical (unpaired) electrons. The number of hydrogen-bond donors (Lipinski definition) is 2. The van der Waals surface area contributed by atoms with Crippen molar-refractivity contribution in [3.8, 4) is 17.2 Å². The predicted molar refractivity (Wildman–Crippen MR) is 96.3 cm³/mol. The van der Waals surface area contributed by atoms with Gasteiger partial charge in [-0.3, -0.25) is 0 Å². The summed E-state index contributed by atoms with van der Waals surface area (Å²) in [7, 11) is 0. The Kier molecular flexibility index (Phi) is 7.46. The number of halogens is 5. The van der Waals surface area contributed by atoms with Crippen molar-refractivity contribution in [2.45, 2.75) is 26.4 Å². The molecule has 0 amide bonds. The maximum atomic E-state index is 12.5. The molecule has 2 rings (SSSR count). The van der Waals surface area contributed by atoms with Crippen molar-refractivity contribution < 1.29 is 36.2 Å². The third kappa shape index (κ3) is 7.35. The summed E-state index contributed by atoms with van der Waals surface area (Å²) in [5.41, 5.74) is 6.25. The summed E-state index contributed by atoms with van der Waals surface area (Å²) in [4.78, 5) is 4.02. The second-order valence-corrected chi connectivity index (χ2v) is 5.46. The summed E-state index contributed by atoms with van der Waals surface area (Å²) in [6.07, 6.45) is -4.86. The summed E-state index contributed by atoms with van der Waals surface area (Å²) < 4.78 is 75.8. The van der Waals surface area contributed by atoms with Gasteiger partial charge in [-0.25, -0.2) is 4.99 Å². The molecular weight excluding hydrogens is 401 g/mol. The quantitative estimate of drug-likeness (QED) is 0.374. The van der Waals surface area contributed by atoms with Gasteiger partial charge in [0.05, 0.1) is 18.8 Å². The number of nitrogens with one attached hydrogen (secondary N) is 1. The number of nitrogens with zero attached hydrogens (tertiary/aromatic N) is 1. The zero-order valence-corrected chi connectivity index (χ0v) is 15.2. The number of aliphatic imine (C=N–C) groups is 1. The van der Waals surface area contributed by atoms with E-state index in [1.165, 1.54) is 36.4 Å². The highest BCUT2D eigenvalue weighted by Gasteiger charge is 2.32. The molecule has 0 fully saturated rings. The molecule has 2 aromatic rings. The third-order valence-corrected chi connectivity index (χ3v) is 3.33. The molecule has 0 spiro atoms. The largest absolute Gasteiger partial charge is 0.573 e. The van der Waals surface area contributed by atoms with E-state index in [-0.39, 0.29) is 36.3 Å². The number of nitrogens with two attached hydrogens (primary N) is 1. The minimum absolute atomic E-state index is 0.0101. The molecule has 6 nitrogen and oxygen atoms in total. The molecule has 0 unspecified atom stereocenters. The van der Waals surface area contributed by atoms with Crippen molar-refractivity contribution in [3.05, 3.63) is 48.0 Å². The molecule has 0 saturated heterocycles.